The van der Waals surface area contributed by atoms with Crippen molar-refractivity contribution in [2.24, 2.45) is 0 Å². The van der Waals surface area contributed by atoms with E-state index >= 15 is 0 Å². The van der Waals surface area contributed by atoms with Crippen LogP contribution in [-0.4, -0.2) is 31.3 Å². The second-order valence-electron chi connectivity index (χ2n) is 4.31. The Kier molecular flexibility index (Phi) is 4.16. The highest BCUT2D eigenvalue weighted by Gasteiger charge is 2.10. The summed E-state index contributed by atoms with van der Waals surface area (Å²) < 4.78 is 3.04. The summed E-state index contributed by atoms with van der Waals surface area (Å²) in [6.07, 6.45) is 4.93. The van der Waals surface area contributed by atoms with E-state index in [9.17, 15) is 4.79 Å². The highest BCUT2D eigenvalue weighted by molar-refractivity contribution is 6.32. The lowest BCUT2D eigenvalue weighted by Gasteiger charge is -2.12. The minimum atomic E-state index is -0.289. The van der Waals surface area contributed by atoms with Crippen molar-refractivity contribution in [1.82, 2.24) is 24.8 Å². The van der Waals surface area contributed by atoms with Gasteiger partial charge in [-0.1, -0.05) is 16.8 Å². The Balaban J connectivity index is 2.05. The molecule has 0 atom stereocenters. The number of hydrogen-bond donors (Lipinski definition) is 1. The summed E-state index contributed by atoms with van der Waals surface area (Å²) in [5, 5.41) is 14.8. The predicted octanol–water partition coefficient (Wildman–Crippen LogP) is 1.18. The molecule has 2 aromatic rings. The number of nitrogens with one attached hydrogen (secondary N) is 1. The van der Waals surface area contributed by atoms with E-state index in [0.29, 0.717) is 18.8 Å². The van der Waals surface area contributed by atoms with Crippen molar-refractivity contribution >= 4 is 17.3 Å². The zero-order valence-corrected chi connectivity index (χ0v) is 11.5. The van der Waals surface area contributed by atoms with Gasteiger partial charge in [0.1, 0.15) is 5.02 Å². The summed E-state index contributed by atoms with van der Waals surface area (Å²) in [5.41, 5.74) is 0.242. The van der Waals surface area contributed by atoms with Crippen molar-refractivity contribution in [3.63, 3.8) is 0 Å². The van der Waals surface area contributed by atoms with Crippen LogP contribution in [0.5, 0.6) is 0 Å². The van der Waals surface area contributed by atoms with Gasteiger partial charge in [0.05, 0.1) is 30.7 Å². The highest BCUT2D eigenvalue weighted by Crippen LogP contribution is 2.15. The average molecular weight is 283 g/mol. The Morgan fingerprint density at radius 2 is 2.26 bits per heavy atom. The van der Waals surface area contributed by atoms with Gasteiger partial charge in [-0.3, -0.25) is 9.48 Å². The van der Waals surface area contributed by atoms with Crippen LogP contribution < -0.4 is 10.9 Å². The fourth-order valence-corrected chi connectivity index (χ4v) is 1.80. The van der Waals surface area contributed by atoms with Gasteiger partial charge in [-0.25, -0.2) is 4.68 Å². The van der Waals surface area contributed by atoms with Crippen LogP contribution in [-0.2, 0) is 6.54 Å². The minimum Gasteiger partial charge on any atom is -0.381 e. The Morgan fingerprint density at radius 3 is 2.89 bits per heavy atom. The summed E-state index contributed by atoms with van der Waals surface area (Å²) in [6, 6.07) is -0.0193. The molecule has 19 heavy (non-hydrogen) atoms. The molecule has 0 saturated carbocycles. The van der Waals surface area contributed by atoms with Crippen molar-refractivity contribution < 1.29 is 0 Å². The molecule has 0 bridgehead atoms. The minimum absolute atomic E-state index is 0.0193. The van der Waals surface area contributed by atoms with E-state index in [0.717, 1.165) is 0 Å². The van der Waals surface area contributed by atoms with Gasteiger partial charge in [-0.2, -0.15) is 5.10 Å². The lowest BCUT2D eigenvalue weighted by molar-refractivity contribution is 0.503. The lowest BCUT2D eigenvalue weighted by Crippen LogP contribution is -2.26. The monoisotopic (exact) mass is 282 g/mol. The van der Waals surface area contributed by atoms with Crippen molar-refractivity contribution in [2.45, 2.75) is 26.4 Å². The Bertz CT molecular complexity index is 592. The SMILES string of the molecule is CC(C)n1ncc(NCCn2ccnn2)c(Cl)c1=O. The fourth-order valence-electron chi connectivity index (χ4n) is 1.59. The first kappa shape index (κ1) is 13.5. The smallest absolute Gasteiger partial charge is 0.287 e. The molecule has 2 aromatic heterocycles. The normalized spacial score (nSPS) is 10.9. The number of hydrogen-bond acceptors (Lipinski definition) is 5. The molecule has 0 aliphatic carbocycles. The van der Waals surface area contributed by atoms with E-state index in [1.807, 2.05) is 13.8 Å². The van der Waals surface area contributed by atoms with Crippen LogP contribution in [0.1, 0.15) is 19.9 Å². The molecule has 7 nitrogen and oxygen atoms in total. The fraction of sp³-hybridized carbons (Fsp3) is 0.455. The van der Waals surface area contributed by atoms with E-state index < -0.39 is 0 Å². The molecule has 0 spiro atoms. The summed E-state index contributed by atoms with van der Waals surface area (Å²) in [5.74, 6) is 0. The number of nitrogens with zero attached hydrogens (tertiary/aromatic N) is 5. The van der Waals surface area contributed by atoms with Crippen LogP contribution >= 0.6 is 11.6 Å². The zero-order valence-electron chi connectivity index (χ0n) is 10.7. The van der Waals surface area contributed by atoms with Crippen LogP contribution in [0.15, 0.2) is 23.4 Å². The van der Waals surface area contributed by atoms with Crippen LogP contribution in [0.25, 0.3) is 0 Å². The van der Waals surface area contributed by atoms with Crippen molar-refractivity contribution in [1.29, 1.82) is 0 Å². The second-order valence-corrected chi connectivity index (χ2v) is 4.69. The molecular weight excluding hydrogens is 268 g/mol. The Morgan fingerprint density at radius 1 is 1.47 bits per heavy atom. The summed E-state index contributed by atoms with van der Waals surface area (Å²) in [6.45, 7) is 4.96. The Hall–Kier alpha value is -1.89. The van der Waals surface area contributed by atoms with Crippen molar-refractivity contribution in [3.05, 3.63) is 34.0 Å². The molecule has 8 heteroatoms. The predicted molar refractivity (Wildman–Crippen MR) is 72.4 cm³/mol. The molecule has 0 radical (unpaired) electrons. The van der Waals surface area contributed by atoms with E-state index in [-0.39, 0.29) is 16.6 Å². The number of anilines is 1. The van der Waals surface area contributed by atoms with Gasteiger partial charge in [0.25, 0.3) is 5.56 Å². The van der Waals surface area contributed by atoms with E-state index in [4.69, 9.17) is 11.6 Å². The van der Waals surface area contributed by atoms with E-state index in [1.54, 1.807) is 23.3 Å². The molecular formula is C11H15ClN6O. The van der Waals surface area contributed by atoms with Crippen LogP contribution in [0.2, 0.25) is 5.02 Å². The topological polar surface area (TPSA) is 77.6 Å². The van der Waals surface area contributed by atoms with Crippen molar-refractivity contribution in [3.8, 4) is 0 Å². The van der Waals surface area contributed by atoms with Gasteiger partial charge < -0.3 is 5.32 Å². The second kappa shape index (κ2) is 5.83. The molecule has 0 aromatic carbocycles. The Labute approximate surface area is 115 Å². The summed E-state index contributed by atoms with van der Waals surface area (Å²) >= 11 is 6.03. The van der Waals surface area contributed by atoms with Gasteiger partial charge in [0.2, 0.25) is 0 Å². The van der Waals surface area contributed by atoms with Gasteiger partial charge in [0, 0.05) is 12.7 Å². The third kappa shape index (κ3) is 3.11. The van der Waals surface area contributed by atoms with Crippen molar-refractivity contribution in [2.75, 3.05) is 11.9 Å². The van der Waals surface area contributed by atoms with Crippen LogP contribution in [0, 0.1) is 0 Å². The lowest BCUT2D eigenvalue weighted by atomic mass is 10.4. The number of aromatic nitrogens is 5. The van der Waals surface area contributed by atoms with Crippen LogP contribution in [0.4, 0.5) is 5.69 Å². The van der Waals surface area contributed by atoms with Crippen LogP contribution in [0.3, 0.4) is 0 Å². The van der Waals surface area contributed by atoms with Gasteiger partial charge in [-0.05, 0) is 13.8 Å². The quantitative estimate of drug-likeness (QED) is 0.891. The first-order valence-electron chi connectivity index (χ1n) is 5.95. The molecule has 2 heterocycles. The number of rotatable bonds is 5. The molecule has 0 fully saturated rings. The first-order valence-corrected chi connectivity index (χ1v) is 6.32. The average Bonchev–Trinajstić information content (AvgIpc) is 2.87. The summed E-state index contributed by atoms with van der Waals surface area (Å²) in [7, 11) is 0. The number of halogens is 1. The molecule has 2 rings (SSSR count). The third-order valence-corrected chi connectivity index (χ3v) is 2.93. The van der Waals surface area contributed by atoms with Gasteiger partial charge in [0.15, 0.2) is 0 Å². The largest absolute Gasteiger partial charge is 0.381 e. The first-order chi connectivity index (χ1) is 9.09. The molecule has 0 aliphatic heterocycles. The molecule has 1 N–H and O–H groups in total. The van der Waals surface area contributed by atoms with Gasteiger partial charge >= 0.3 is 0 Å². The molecule has 0 aliphatic rings. The van der Waals surface area contributed by atoms with E-state index in [2.05, 4.69) is 20.7 Å². The zero-order chi connectivity index (χ0) is 13.8. The molecule has 0 amide bonds. The standard InChI is InChI=1S/C11H15ClN6O/c1-8(2)18-11(19)10(12)9(7-15-18)13-3-5-17-6-4-14-16-17/h4,6-8,13H,3,5H2,1-2H3. The third-order valence-electron chi connectivity index (χ3n) is 2.56. The summed E-state index contributed by atoms with van der Waals surface area (Å²) in [4.78, 5) is 11.9. The maximum atomic E-state index is 11.9. The maximum Gasteiger partial charge on any atom is 0.287 e. The maximum absolute atomic E-state index is 11.9. The van der Waals surface area contributed by atoms with E-state index in [1.165, 1.54) is 4.68 Å². The molecule has 0 saturated heterocycles. The van der Waals surface area contributed by atoms with Gasteiger partial charge in [-0.15, -0.1) is 5.10 Å². The molecule has 102 valence electrons. The molecule has 0 unspecified atom stereocenters. The highest BCUT2D eigenvalue weighted by atomic mass is 35.5.